The van der Waals surface area contributed by atoms with Crippen LogP contribution in [0, 0.1) is 37.8 Å². The van der Waals surface area contributed by atoms with E-state index >= 15 is 0 Å². The molecule has 2 aromatic carbocycles. The van der Waals surface area contributed by atoms with Gasteiger partial charge in [-0.15, -0.1) is 0 Å². The van der Waals surface area contributed by atoms with Gasteiger partial charge in [0.05, 0.1) is 10.6 Å². The summed E-state index contributed by atoms with van der Waals surface area (Å²) in [5.74, 6) is 0. The molecule has 0 amide bonds. The summed E-state index contributed by atoms with van der Waals surface area (Å²) in [7, 11) is 0. The van der Waals surface area contributed by atoms with E-state index in [2.05, 4.69) is 47.7 Å². The van der Waals surface area contributed by atoms with Gasteiger partial charge in [-0.2, -0.15) is 0 Å². The molecule has 0 saturated heterocycles. The Morgan fingerprint density at radius 2 is 1.78 bits per heavy atom. The van der Waals surface area contributed by atoms with Gasteiger partial charge in [-0.1, -0.05) is 17.7 Å². The third-order valence-electron chi connectivity index (χ3n) is 4.70. The molecule has 0 atom stereocenters. The number of aliphatic imine (C=N–C) groups is 1. The van der Waals surface area contributed by atoms with Crippen molar-refractivity contribution >= 4 is 29.2 Å². The molecular weight excluding hydrogens is 362 g/mol. The molecule has 1 aromatic heterocycles. The molecule has 0 fully saturated rings. The maximum Gasteiger partial charge on any atom is 0.290 e. The average Bonchev–Trinajstić information content (AvgIpc) is 2.90. The van der Waals surface area contributed by atoms with Crippen LogP contribution in [0.25, 0.3) is 5.69 Å². The second-order valence-electron chi connectivity index (χ2n) is 6.58. The SMILES string of the molecule is Cc1ccc(-n2c(C)cc(C=Nc3ccc(Cl)c([N+](=O)[O-])c3)c2C)cc1C. The van der Waals surface area contributed by atoms with Crippen molar-refractivity contribution in [2.75, 3.05) is 0 Å². The third kappa shape index (κ3) is 3.78. The smallest absolute Gasteiger partial charge is 0.290 e. The van der Waals surface area contributed by atoms with Gasteiger partial charge in [-0.3, -0.25) is 15.1 Å². The molecule has 27 heavy (non-hydrogen) atoms. The van der Waals surface area contributed by atoms with Crippen LogP contribution in [0.2, 0.25) is 5.02 Å². The van der Waals surface area contributed by atoms with Crippen LogP contribution in [0.1, 0.15) is 28.1 Å². The summed E-state index contributed by atoms with van der Waals surface area (Å²) in [5, 5.41) is 11.1. The number of nitro groups is 1. The van der Waals surface area contributed by atoms with Gasteiger partial charge in [-0.25, -0.2) is 0 Å². The minimum atomic E-state index is -0.507. The first-order chi connectivity index (χ1) is 12.8. The molecule has 3 rings (SSSR count). The first-order valence-electron chi connectivity index (χ1n) is 8.52. The van der Waals surface area contributed by atoms with Crippen molar-refractivity contribution in [3.63, 3.8) is 0 Å². The van der Waals surface area contributed by atoms with E-state index < -0.39 is 4.92 Å². The molecule has 0 spiro atoms. The van der Waals surface area contributed by atoms with Gasteiger partial charge in [-0.05, 0) is 69.2 Å². The van der Waals surface area contributed by atoms with Crippen molar-refractivity contribution in [2.24, 2.45) is 4.99 Å². The van der Waals surface area contributed by atoms with Gasteiger partial charge in [0.25, 0.3) is 5.69 Å². The Labute approximate surface area is 163 Å². The normalized spacial score (nSPS) is 11.3. The lowest BCUT2D eigenvalue weighted by molar-refractivity contribution is -0.384. The fraction of sp³-hybridized carbons (Fsp3) is 0.190. The van der Waals surface area contributed by atoms with Gasteiger partial charge in [0.1, 0.15) is 5.02 Å². The number of hydrogen-bond donors (Lipinski definition) is 0. The number of halogens is 1. The van der Waals surface area contributed by atoms with Crippen molar-refractivity contribution < 1.29 is 4.92 Å². The van der Waals surface area contributed by atoms with Crippen molar-refractivity contribution in [1.82, 2.24) is 4.57 Å². The molecule has 0 radical (unpaired) electrons. The maximum atomic E-state index is 11.0. The van der Waals surface area contributed by atoms with Gasteiger partial charge in [0.2, 0.25) is 0 Å². The van der Waals surface area contributed by atoms with Crippen LogP contribution in [-0.4, -0.2) is 15.7 Å². The maximum absolute atomic E-state index is 11.0. The van der Waals surface area contributed by atoms with Crippen LogP contribution >= 0.6 is 11.6 Å². The highest BCUT2D eigenvalue weighted by Gasteiger charge is 2.13. The van der Waals surface area contributed by atoms with Crippen molar-refractivity contribution in [3.8, 4) is 5.69 Å². The number of hydrogen-bond acceptors (Lipinski definition) is 3. The van der Waals surface area contributed by atoms with Gasteiger partial charge < -0.3 is 4.57 Å². The lowest BCUT2D eigenvalue weighted by Gasteiger charge is -2.11. The lowest BCUT2D eigenvalue weighted by Crippen LogP contribution is -2.00. The van der Waals surface area contributed by atoms with Crippen LogP contribution in [0.15, 0.2) is 47.5 Å². The number of nitro benzene ring substituents is 1. The van der Waals surface area contributed by atoms with Crippen LogP contribution < -0.4 is 0 Å². The van der Waals surface area contributed by atoms with Crippen molar-refractivity contribution in [1.29, 1.82) is 0 Å². The third-order valence-corrected chi connectivity index (χ3v) is 5.02. The molecule has 5 nitrogen and oxygen atoms in total. The minimum absolute atomic E-state index is 0.104. The van der Waals surface area contributed by atoms with E-state index in [-0.39, 0.29) is 10.7 Å². The van der Waals surface area contributed by atoms with Crippen LogP contribution in [-0.2, 0) is 0 Å². The summed E-state index contributed by atoms with van der Waals surface area (Å²) < 4.78 is 2.18. The molecule has 0 saturated carbocycles. The minimum Gasteiger partial charge on any atom is -0.318 e. The first kappa shape index (κ1) is 18.9. The average molecular weight is 382 g/mol. The summed E-state index contributed by atoms with van der Waals surface area (Å²) in [6, 6.07) is 13.0. The molecule has 6 heteroatoms. The molecule has 0 bridgehead atoms. The molecule has 1 heterocycles. The zero-order valence-electron chi connectivity index (χ0n) is 15.7. The quantitative estimate of drug-likeness (QED) is 0.315. The molecular formula is C21H20ClN3O2. The van der Waals surface area contributed by atoms with Crippen molar-refractivity contribution in [2.45, 2.75) is 27.7 Å². The summed E-state index contributed by atoms with van der Waals surface area (Å²) in [6.45, 7) is 8.28. The molecule has 0 N–H and O–H groups in total. The van der Waals surface area contributed by atoms with Gasteiger partial charge in [0, 0.05) is 34.9 Å². The Balaban J connectivity index is 1.97. The lowest BCUT2D eigenvalue weighted by atomic mass is 10.1. The van der Waals surface area contributed by atoms with E-state index in [1.807, 2.05) is 13.8 Å². The Hall–Kier alpha value is -2.92. The van der Waals surface area contributed by atoms with Crippen LogP contribution in [0.3, 0.4) is 0 Å². The standard InChI is InChI=1S/C21H20ClN3O2/c1-13-5-7-19(9-14(13)2)24-15(3)10-17(16(24)4)12-23-18-6-8-20(22)21(11-18)25(26)27/h5-12H,1-4H3. The molecule has 0 aliphatic rings. The van der Waals surface area contributed by atoms with E-state index in [1.165, 1.54) is 23.3 Å². The predicted octanol–water partition coefficient (Wildman–Crippen LogP) is 6.02. The van der Waals surface area contributed by atoms with E-state index in [0.717, 1.165) is 22.6 Å². The fourth-order valence-electron chi connectivity index (χ4n) is 3.05. The van der Waals surface area contributed by atoms with E-state index in [1.54, 1.807) is 12.3 Å². The largest absolute Gasteiger partial charge is 0.318 e. The summed E-state index contributed by atoms with van der Waals surface area (Å²) in [5.41, 5.74) is 7.06. The molecule has 138 valence electrons. The summed E-state index contributed by atoms with van der Waals surface area (Å²) in [6.07, 6.45) is 1.73. The van der Waals surface area contributed by atoms with Gasteiger partial charge >= 0.3 is 0 Å². The summed E-state index contributed by atoms with van der Waals surface area (Å²) in [4.78, 5) is 14.9. The molecule has 0 unspecified atom stereocenters. The predicted molar refractivity (Wildman–Crippen MR) is 110 cm³/mol. The summed E-state index contributed by atoms with van der Waals surface area (Å²) >= 11 is 5.85. The Morgan fingerprint density at radius 1 is 1.04 bits per heavy atom. The zero-order valence-corrected chi connectivity index (χ0v) is 16.4. The number of aromatic nitrogens is 1. The highest BCUT2D eigenvalue weighted by atomic mass is 35.5. The number of benzene rings is 2. The van der Waals surface area contributed by atoms with Gasteiger partial charge in [0.15, 0.2) is 0 Å². The van der Waals surface area contributed by atoms with E-state index in [4.69, 9.17) is 11.6 Å². The molecule has 0 aliphatic carbocycles. The Kier molecular flexibility index (Phi) is 5.15. The number of rotatable bonds is 4. The second kappa shape index (κ2) is 7.37. The van der Waals surface area contributed by atoms with Crippen LogP contribution in [0.4, 0.5) is 11.4 Å². The van der Waals surface area contributed by atoms with E-state index in [0.29, 0.717) is 5.69 Å². The Bertz CT molecular complexity index is 1070. The van der Waals surface area contributed by atoms with E-state index in [9.17, 15) is 10.1 Å². The van der Waals surface area contributed by atoms with Crippen molar-refractivity contribution in [3.05, 3.63) is 85.7 Å². The fourth-order valence-corrected chi connectivity index (χ4v) is 3.23. The topological polar surface area (TPSA) is 60.4 Å². The number of nitrogens with zero attached hydrogens (tertiary/aromatic N) is 3. The highest BCUT2D eigenvalue weighted by molar-refractivity contribution is 6.32. The molecule has 0 aliphatic heterocycles. The zero-order chi connectivity index (χ0) is 19.7. The first-order valence-corrected chi connectivity index (χ1v) is 8.90. The molecule has 3 aromatic rings. The second-order valence-corrected chi connectivity index (χ2v) is 6.99. The van der Waals surface area contributed by atoms with Crippen LogP contribution in [0.5, 0.6) is 0 Å². The monoisotopic (exact) mass is 381 g/mol. The Morgan fingerprint density at radius 3 is 2.44 bits per heavy atom. The highest BCUT2D eigenvalue weighted by Crippen LogP contribution is 2.29. The number of aryl methyl sites for hydroxylation is 3.